The smallest absolute Gasteiger partial charge is 0.264 e. The molecule has 94 valence electrons. The van der Waals surface area contributed by atoms with Gasteiger partial charge in [0, 0.05) is 6.20 Å². The Labute approximate surface area is 104 Å². The first-order chi connectivity index (χ1) is 8.50. The van der Waals surface area contributed by atoms with E-state index in [9.17, 15) is 12.8 Å². The number of aromatic nitrogens is 1. The van der Waals surface area contributed by atoms with Gasteiger partial charge in [-0.1, -0.05) is 12.1 Å². The third-order valence-corrected chi connectivity index (χ3v) is 3.66. The molecule has 0 bridgehead atoms. The Morgan fingerprint density at radius 3 is 2.61 bits per heavy atom. The molecule has 18 heavy (non-hydrogen) atoms. The fourth-order valence-electron chi connectivity index (χ4n) is 1.38. The Bertz CT molecular complexity index is 673. The third-order valence-electron chi connectivity index (χ3n) is 2.23. The summed E-state index contributed by atoms with van der Waals surface area (Å²) in [5.74, 6) is -0.754. The highest BCUT2D eigenvalue weighted by atomic mass is 32.2. The zero-order valence-electron chi connectivity index (χ0n) is 9.17. The van der Waals surface area contributed by atoms with Gasteiger partial charge in [-0.25, -0.2) is 12.8 Å². The Morgan fingerprint density at radius 1 is 1.22 bits per heavy atom. The quantitative estimate of drug-likeness (QED) is 0.827. The highest BCUT2D eigenvalue weighted by Crippen LogP contribution is 2.21. The van der Waals surface area contributed by atoms with E-state index in [1.165, 1.54) is 30.5 Å². The third kappa shape index (κ3) is 2.40. The molecule has 3 N–H and O–H groups in total. The van der Waals surface area contributed by atoms with Crippen molar-refractivity contribution in [3.8, 4) is 0 Å². The van der Waals surface area contributed by atoms with Crippen molar-refractivity contribution in [1.82, 2.24) is 4.98 Å². The molecule has 0 fully saturated rings. The molecule has 0 saturated carbocycles. The molecule has 0 saturated heterocycles. The van der Waals surface area contributed by atoms with E-state index >= 15 is 0 Å². The van der Waals surface area contributed by atoms with E-state index in [0.29, 0.717) is 0 Å². The molecule has 0 aliphatic heterocycles. The summed E-state index contributed by atoms with van der Waals surface area (Å²) in [6, 6.07) is 7.18. The SMILES string of the molecule is Nc1ccccc1S(=O)(=O)Nc1ccncc1F. The Kier molecular flexibility index (Phi) is 3.15. The second-order valence-corrected chi connectivity index (χ2v) is 5.15. The van der Waals surface area contributed by atoms with Gasteiger partial charge in [-0.3, -0.25) is 9.71 Å². The fraction of sp³-hybridized carbons (Fsp3) is 0. The zero-order valence-corrected chi connectivity index (χ0v) is 9.99. The Balaban J connectivity index is 2.40. The van der Waals surface area contributed by atoms with Gasteiger partial charge in [-0.2, -0.15) is 0 Å². The number of hydrogen-bond acceptors (Lipinski definition) is 4. The lowest BCUT2D eigenvalue weighted by Gasteiger charge is -2.10. The lowest BCUT2D eigenvalue weighted by molar-refractivity contribution is 0.598. The molecular formula is C11H10FN3O2S. The van der Waals surface area contributed by atoms with E-state index in [-0.39, 0.29) is 16.3 Å². The molecule has 0 aliphatic rings. The van der Waals surface area contributed by atoms with Crippen LogP contribution in [0.2, 0.25) is 0 Å². The second kappa shape index (κ2) is 4.61. The van der Waals surface area contributed by atoms with E-state index < -0.39 is 15.8 Å². The maximum Gasteiger partial charge on any atom is 0.264 e. The van der Waals surface area contributed by atoms with Crippen LogP contribution in [-0.4, -0.2) is 13.4 Å². The van der Waals surface area contributed by atoms with Crippen molar-refractivity contribution in [2.45, 2.75) is 4.90 Å². The van der Waals surface area contributed by atoms with Gasteiger partial charge in [0.15, 0.2) is 5.82 Å². The number of benzene rings is 1. The molecular weight excluding hydrogens is 257 g/mol. The number of nitrogens with one attached hydrogen (secondary N) is 1. The number of sulfonamides is 1. The maximum absolute atomic E-state index is 13.3. The first kappa shape index (κ1) is 12.3. The van der Waals surface area contributed by atoms with Crippen molar-refractivity contribution >= 4 is 21.4 Å². The Hall–Kier alpha value is -2.15. The van der Waals surface area contributed by atoms with Crippen molar-refractivity contribution in [3.63, 3.8) is 0 Å². The largest absolute Gasteiger partial charge is 0.398 e. The van der Waals surface area contributed by atoms with Crippen molar-refractivity contribution in [2.75, 3.05) is 10.5 Å². The standard InChI is InChI=1S/C11H10FN3O2S/c12-8-7-14-6-5-10(8)15-18(16,17)11-4-2-1-3-9(11)13/h1-7H,13H2,(H,14,15). The number of nitrogens with two attached hydrogens (primary N) is 1. The molecule has 0 radical (unpaired) electrons. The number of anilines is 2. The van der Waals surface area contributed by atoms with Crippen LogP contribution in [-0.2, 0) is 10.0 Å². The summed E-state index contributed by atoms with van der Waals surface area (Å²) >= 11 is 0. The highest BCUT2D eigenvalue weighted by molar-refractivity contribution is 7.92. The molecule has 1 aromatic carbocycles. The average Bonchev–Trinajstić information content (AvgIpc) is 2.32. The fourth-order valence-corrected chi connectivity index (χ4v) is 2.58. The van der Waals surface area contributed by atoms with Crippen LogP contribution >= 0.6 is 0 Å². The van der Waals surface area contributed by atoms with Gasteiger partial charge >= 0.3 is 0 Å². The van der Waals surface area contributed by atoms with Gasteiger partial charge in [0.25, 0.3) is 10.0 Å². The molecule has 5 nitrogen and oxygen atoms in total. The maximum atomic E-state index is 13.3. The summed E-state index contributed by atoms with van der Waals surface area (Å²) in [5.41, 5.74) is 5.50. The van der Waals surface area contributed by atoms with Crippen LogP contribution in [0.5, 0.6) is 0 Å². The van der Waals surface area contributed by atoms with Crippen LogP contribution in [0, 0.1) is 5.82 Å². The summed E-state index contributed by atoms with van der Waals surface area (Å²) in [5, 5.41) is 0. The van der Waals surface area contributed by atoms with Crippen molar-refractivity contribution in [2.24, 2.45) is 0 Å². The van der Waals surface area contributed by atoms with Gasteiger partial charge in [0.05, 0.1) is 17.6 Å². The number of pyridine rings is 1. The van der Waals surface area contributed by atoms with Gasteiger partial charge in [0.1, 0.15) is 4.90 Å². The van der Waals surface area contributed by atoms with Gasteiger partial charge in [0.2, 0.25) is 0 Å². The lowest BCUT2D eigenvalue weighted by Crippen LogP contribution is -2.15. The summed E-state index contributed by atoms with van der Waals surface area (Å²) in [6.45, 7) is 0. The lowest BCUT2D eigenvalue weighted by atomic mass is 10.3. The summed E-state index contributed by atoms with van der Waals surface area (Å²) < 4.78 is 39.4. The first-order valence-electron chi connectivity index (χ1n) is 4.97. The van der Waals surface area contributed by atoms with Gasteiger partial charge in [-0.05, 0) is 18.2 Å². The first-order valence-corrected chi connectivity index (χ1v) is 6.46. The number of halogens is 1. The number of rotatable bonds is 3. The van der Waals surface area contributed by atoms with E-state index in [0.717, 1.165) is 6.20 Å². The zero-order chi connectivity index (χ0) is 13.2. The van der Waals surface area contributed by atoms with Crippen LogP contribution in [0.15, 0.2) is 47.6 Å². The normalized spacial score (nSPS) is 11.2. The summed E-state index contributed by atoms with van der Waals surface area (Å²) in [4.78, 5) is 3.43. The van der Waals surface area contributed by atoms with E-state index in [2.05, 4.69) is 9.71 Å². The molecule has 1 heterocycles. The molecule has 0 unspecified atom stereocenters. The molecule has 2 aromatic rings. The predicted octanol–water partition coefficient (Wildman–Crippen LogP) is 1.60. The van der Waals surface area contributed by atoms with Crippen LogP contribution in [0.1, 0.15) is 0 Å². The number of hydrogen-bond donors (Lipinski definition) is 2. The number of nitrogen functional groups attached to an aromatic ring is 1. The minimum absolute atomic E-state index is 0.0961. The van der Waals surface area contributed by atoms with Gasteiger partial charge < -0.3 is 5.73 Å². The minimum Gasteiger partial charge on any atom is -0.398 e. The molecule has 0 spiro atoms. The second-order valence-electron chi connectivity index (χ2n) is 3.50. The van der Waals surface area contributed by atoms with Crippen LogP contribution < -0.4 is 10.5 Å². The van der Waals surface area contributed by atoms with Crippen molar-refractivity contribution in [1.29, 1.82) is 0 Å². The molecule has 2 rings (SSSR count). The molecule has 0 amide bonds. The molecule has 0 atom stereocenters. The summed E-state index contributed by atoms with van der Waals surface area (Å²) in [7, 11) is -3.91. The van der Waals surface area contributed by atoms with Crippen LogP contribution in [0.25, 0.3) is 0 Å². The molecule has 7 heteroatoms. The van der Waals surface area contributed by atoms with Crippen molar-refractivity contribution < 1.29 is 12.8 Å². The van der Waals surface area contributed by atoms with E-state index in [4.69, 9.17) is 5.73 Å². The van der Waals surface area contributed by atoms with Gasteiger partial charge in [-0.15, -0.1) is 0 Å². The van der Waals surface area contributed by atoms with Crippen molar-refractivity contribution in [3.05, 3.63) is 48.5 Å². The average molecular weight is 267 g/mol. The number of nitrogens with zero attached hydrogens (tertiary/aromatic N) is 1. The predicted molar refractivity (Wildman–Crippen MR) is 65.9 cm³/mol. The highest BCUT2D eigenvalue weighted by Gasteiger charge is 2.18. The summed E-state index contributed by atoms with van der Waals surface area (Å²) in [6.07, 6.45) is 2.21. The van der Waals surface area contributed by atoms with E-state index in [1.54, 1.807) is 6.07 Å². The number of para-hydroxylation sites is 1. The molecule has 0 aliphatic carbocycles. The monoisotopic (exact) mass is 267 g/mol. The van der Waals surface area contributed by atoms with E-state index in [1.807, 2.05) is 0 Å². The topological polar surface area (TPSA) is 85.1 Å². The molecule has 1 aromatic heterocycles. The Morgan fingerprint density at radius 2 is 1.94 bits per heavy atom. The van der Waals surface area contributed by atoms with Crippen LogP contribution in [0.3, 0.4) is 0 Å². The van der Waals surface area contributed by atoms with Crippen LogP contribution in [0.4, 0.5) is 15.8 Å². The minimum atomic E-state index is -3.91.